The normalized spacial score (nSPS) is 14.5. The molecule has 0 atom stereocenters. The molecule has 4 rings (SSSR count). The molecule has 1 aliphatic rings. The molecule has 1 aliphatic heterocycles. The molecular formula is C27H30ClN3O6S2. The van der Waals surface area contributed by atoms with Crippen molar-refractivity contribution in [1.82, 2.24) is 4.31 Å². The highest BCUT2D eigenvalue weighted by atomic mass is 35.5. The standard InChI is InChI=1S/C27H30ClN3O6S2/c1-2-37-26-9-5-4-8-25(26)31(39(35,36)24-14-10-21(28)11-15-24)20-27(32)29-22-12-16-23(17-13-22)38(33,34)30-18-6-3-7-19-30/h4-5,8-17H,2-3,6-7,18-20H2,1H3,(H,29,32). The summed E-state index contributed by atoms with van der Waals surface area (Å²) >= 11 is 5.95. The predicted octanol–water partition coefficient (Wildman–Crippen LogP) is 4.75. The maximum Gasteiger partial charge on any atom is 0.264 e. The number of para-hydroxylation sites is 2. The van der Waals surface area contributed by atoms with Gasteiger partial charge in [-0.2, -0.15) is 4.31 Å². The number of hydrogen-bond donors (Lipinski definition) is 1. The number of anilines is 2. The van der Waals surface area contributed by atoms with Crippen LogP contribution in [-0.4, -0.2) is 53.3 Å². The van der Waals surface area contributed by atoms with E-state index in [4.69, 9.17) is 16.3 Å². The van der Waals surface area contributed by atoms with Gasteiger partial charge in [0.1, 0.15) is 12.3 Å². The van der Waals surface area contributed by atoms with Gasteiger partial charge in [0.15, 0.2) is 0 Å². The zero-order chi connectivity index (χ0) is 28.0. The highest BCUT2D eigenvalue weighted by Gasteiger charge is 2.30. The van der Waals surface area contributed by atoms with E-state index in [0.29, 0.717) is 36.2 Å². The molecule has 3 aromatic carbocycles. The zero-order valence-corrected chi connectivity index (χ0v) is 23.8. The Bertz CT molecular complexity index is 1510. The fourth-order valence-electron chi connectivity index (χ4n) is 4.27. The second-order valence-electron chi connectivity index (χ2n) is 8.90. The van der Waals surface area contributed by atoms with E-state index < -0.39 is 32.5 Å². The molecule has 208 valence electrons. The molecule has 9 nitrogen and oxygen atoms in total. The maximum absolute atomic E-state index is 13.7. The van der Waals surface area contributed by atoms with E-state index in [-0.39, 0.29) is 15.5 Å². The molecule has 0 bridgehead atoms. The van der Waals surface area contributed by atoms with Crippen molar-refractivity contribution in [3.05, 3.63) is 77.8 Å². The lowest BCUT2D eigenvalue weighted by molar-refractivity contribution is -0.114. The SMILES string of the molecule is CCOc1ccccc1N(CC(=O)Nc1ccc(S(=O)(=O)N2CCCCC2)cc1)S(=O)(=O)c1ccc(Cl)cc1. The van der Waals surface area contributed by atoms with Crippen LogP contribution in [-0.2, 0) is 24.8 Å². The largest absolute Gasteiger partial charge is 0.492 e. The van der Waals surface area contributed by atoms with E-state index in [9.17, 15) is 21.6 Å². The fourth-order valence-corrected chi connectivity index (χ4v) is 7.34. The van der Waals surface area contributed by atoms with Crippen molar-refractivity contribution >= 4 is 48.9 Å². The second-order valence-corrected chi connectivity index (χ2v) is 13.1. The van der Waals surface area contributed by atoms with Gasteiger partial charge in [-0.3, -0.25) is 9.10 Å². The van der Waals surface area contributed by atoms with Crippen LogP contribution in [0.2, 0.25) is 5.02 Å². The molecule has 3 aromatic rings. The average molecular weight is 592 g/mol. The molecule has 12 heteroatoms. The Morgan fingerprint density at radius 2 is 1.51 bits per heavy atom. The quantitative estimate of drug-likeness (QED) is 0.364. The number of ether oxygens (including phenoxy) is 1. The number of carbonyl (C=O) groups is 1. The molecule has 0 radical (unpaired) electrons. The first-order chi connectivity index (χ1) is 18.6. The molecule has 0 aromatic heterocycles. The van der Waals surface area contributed by atoms with Crippen molar-refractivity contribution in [3.63, 3.8) is 0 Å². The van der Waals surface area contributed by atoms with Gasteiger partial charge in [0, 0.05) is 23.8 Å². The molecule has 39 heavy (non-hydrogen) atoms. The first-order valence-corrected chi connectivity index (χ1v) is 15.8. The first-order valence-electron chi connectivity index (χ1n) is 12.5. The van der Waals surface area contributed by atoms with Crippen LogP contribution in [0.5, 0.6) is 5.75 Å². The van der Waals surface area contributed by atoms with Crippen LogP contribution in [0.1, 0.15) is 26.2 Å². The minimum atomic E-state index is -4.19. The lowest BCUT2D eigenvalue weighted by atomic mass is 10.2. The maximum atomic E-state index is 13.7. The van der Waals surface area contributed by atoms with Crippen molar-refractivity contribution in [2.24, 2.45) is 0 Å². The van der Waals surface area contributed by atoms with E-state index in [0.717, 1.165) is 23.6 Å². The molecule has 0 aliphatic carbocycles. The molecule has 1 N–H and O–H groups in total. The summed E-state index contributed by atoms with van der Waals surface area (Å²) in [5.41, 5.74) is 0.534. The second kappa shape index (κ2) is 12.4. The number of carbonyl (C=O) groups excluding carboxylic acids is 1. The number of nitrogens with one attached hydrogen (secondary N) is 1. The van der Waals surface area contributed by atoms with Crippen LogP contribution >= 0.6 is 11.6 Å². The number of amides is 1. The van der Waals surface area contributed by atoms with Crippen LogP contribution < -0.4 is 14.4 Å². The third-order valence-corrected chi connectivity index (χ3v) is 10.2. The third-order valence-electron chi connectivity index (χ3n) is 6.21. The Morgan fingerprint density at radius 1 is 0.897 bits per heavy atom. The molecule has 1 saturated heterocycles. The summed E-state index contributed by atoms with van der Waals surface area (Å²) in [7, 11) is -7.80. The molecule has 1 heterocycles. The van der Waals surface area contributed by atoms with Gasteiger partial charge in [0.2, 0.25) is 15.9 Å². The van der Waals surface area contributed by atoms with Crippen molar-refractivity contribution < 1.29 is 26.4 Å². The van der Waals surface area contributed by atoms with Gasteiger partial charge in [0.25, 0.3) is 10.0 Å². The van der Waals surface area contributed by atoms with Crippen LogP contribution in [0.25, 0.3) is 0 Å². The minimum absolute atomic E-state index is 0.0433. The highest BCUT2D eigenvalue weighted by Crippen LogP contribution is 2.33. The lowest BCUT2D eigenvalue weighted by Crippen LogP contribution is -2.38. The van der Waals surface area contributed by atoms with Crippen LogP contribution in [0.15, 0.2) is 82.6 Å². The van der Waals surface area contributed by atoms with Gasteiger partial charge in [-0.15, -0.1) is 0 Å². The van der Waals surface area contributed by atoms with E-state index in [1.54, 1.807) is 31.2 Å². The number of sulfonamides is 2. The first kappa shape index (κ1) is 28.9. The summed E-state index contributed by atoms with van der Waals surface area (Å²) in [6.07, 6.45) is 2.67. The predicted molar refractivity (Wildman–Crippen MR) is 151 cm³/mol. The van der Waals surface area contributed by atoms with Crippen LogP contribution in [0.4, 0.5) is 11.4 Å². The Morgan fingerprint density at radius 3 is 2.15 bits per heavy atom. The minimum Gasteiger partial charge on any atom is -0.492 e. The Balaban J connectivity index is 1.58. The molecule has 1 fully saturated rings. The van der Waals surface area contributed by atoms with E-state index in [1.807, 2.05) is 0 Å². The number of benzene rings is 3. The summed E-state index contributed by atoms with van der Waals surface area (Å²) in [5, 5.41) is 3.04. The van der Waals surface area contributed by atoms with E-state index in [1.165, 1.54) is 52.8 Å². The van der Waals surface area contributed by atoms with Crippen molar-refractivity contribution in [3.8, 4) is 5.75 Å². The van der Waals surface area contributed by atoms with Gasteiger partial charge >= 0.3 is 0 Å². The molecule has 0 spiro atoms. The van der Waals surface area contributed by atoms with Gasteiger partial charge in [-0.1, -0.05) is 30.2 Å². The zero-order valence-electron chi connectivity index (χ0n) is 21.4. The lowest BCUT2D eigenvalue weighted by Gasteiger charge is -2.26. The smallest absolute Gasteiger partial charge is 0.264 e. The summed E-state index contributed by atoms with van der Waals surface area (Å²) in [6.45, 7) is 2.49. The monoisotopic (exact) mass is 591 g/mol. The highest BCUT2D eigenvalue weighted by molar-refractivity contribution is 7.93. The summed E-state index contributed by atoms with van der Waals surface area (Å²) in [4.78, 5) is 13.2. The third kappa shape index (κ3) is 6.73. The number of rotatable bonds is 10. The van der Waals surface area contributed by atoms with Gasteiger partial charge in [0.05, 0.1) is 22.1 Å². The molecule has 0 unspecified atom stereocenters. The van der Waals surface area contributed by atoms with Crippen molar-refractivity contribution in [1.29, 1.82) is 0 Å². The Hall–Kier alpha value is -3.12. The Labute approximate surface area is 234 Å². The number of piperidine rings is 1. The summed E-state index contributed by atoms with van der Waals surface area (Å²) < 4.78 is 61.3. The average Bonchev–Trinajstić information content (AvgIpc) is 2.93. The van der Waals surface area contributed by atoms with Gasteiger partial charge in [-0.05, 0) is 80.4 Å². The number of nitrogens with zero attached hydrogens (tertiary/aromatic N) is 2. The number of halogens is 1. The fraction of sp³-hybridized carbons (Fsp3) is 0.296. The molecule has 1 amide bonds. The van der Waals surface area contributed by atoms with E-state index >= 15 is 0 Å². The summed E-state index contributed by atoms with van der Waals surface area (Å²) in [6, 6.07) is 18.1. The van der Waals surface area contributed by atoms with Crippen LogP contribution in [0.3, 0.4) is 0 Å². The summed E-state index contributed by atoms with van der Waals surface area (Å²) in [5.74, 6) is -0.317. The van der Waals surface area contributed by atoms with Crippen LogP contribution in [0, 0.1) is 0 Å². The topological polar surface area (TPSA) is 113 Å². The molecular weight excluding hydrogens is 562 g/mol. The van der Waals surface area contributed by atoms with Gasteiger partial charge < -0.3 is 10.1 Å². The van der Waals surface area contributed by atoms with Crippen molar-refractivity contribution in [2.75, 3.05) is 35.9 Å². The molecule has 0 saturated carbocycles. The Kier molecular flexibility index (Phi) is 9.16. The van der Waals surface area contributed by atoms with Gasteiger partial charge in [-0.25, -0.2) is 16.8 Å². The van der Waals surface area contributed by atoms with E-state index in [2.05, 4.69) is 5.32 Å². The number of hydrogen-bond acceptors (Lipinski definition) is 6. The van der Waals surface area contributed by atoms with Crippen molar-refractivity contribution in [2.45, 2.75) is 36.0 Å².